The molecule has 1 aromatic rings. The Kier molecular flexibility index (Phi) is 5.93. The van der Waals surface area contributed by atoms with Crippen molar-refractivity contribution in [2.75, 3.05) is 19.5 Å². The predicted octanol–water partition coefficient (Wildman–Crippen LogP) is 1.89. The van der Waals surface area contributed by atoms with Gasteiger partial charge in [-0.15, -0.1) is 0 Å². The van der Waals surface area contributed by atoms with Gasteiger partial charge >= 0.3 is 11.9 Å². The van der Waals surface area contributed by atoms with E-state index in [-0.39, 0.29) is 5.56 Å². The van der Waals surface area contributed by atoms with Crippen LogP contribution in [-0.2, 0) is 19.1 Å². The molecule has 0 aliphatic carbocycles. The topological polar surface area (TPSA) is 81.7 Å². The lowest BCUT2D eigenvalue weighted by Gasteiger charge is -2.13. The normalized spacial score (nSPS) is 9.80. The third kappa shape index (κ3) is 4.19. The number of carbonyl (C=O) groups is 3. The maximum Gasteiger partial charge on any atom is 0.340 e. The van der Waals surface area contributed by atoms with Gasteiger partial charge in [0.2, 0.25) is 5.91 Å². The van der Waals surface area contributed by atoms with Crippen molar-refractivity contribution in [1.82, 2.24) is 0 Å². The maximum absolute atomic E-state index is 11.7. The first kappa shape index (κ1) is 16.4. The Morgan fingerprint density at radius 1 is 1.20 bits per heavy atom. The molecule has 0 bridgehead atoms. The van der Waals surface area contributed by atoms with E-state index in [1.165, 1.54) is 14.2 Å². The summed E-state index contributed by atoms with van der Waals surface area (Å²) in [6.45, 7) is 1.75. The van der Waals surface area contributed by atoms with E-state index in [0.717, 1.165) is 3.57 Å². The zero-order valence-corrected chi connectivity index (χ0v) is 13.4. The van der Waals surface area contributed by atoms with E-state index in [0.29, 0.717) is 11.3 Å². The summed E-state index contributed by atoms with van der Waals surface area (Å²) >= 11 is 2.06. The molecule has 0 saturated heterocycles. The first-order valence-corrected chi connectivity index (χ1v) is 6.72. The second kappa shape index (κ2) is 7.22. The van der Waals surface area contributed by atoms with Gasteiger partial charge in [0, 0.05) is 3.57 Å². The molecule has 0 unspecified atom stereocenters. The van der Waals surface area contributed by atoms with Crippen LogP contribution in [0.1, 0.15) is 22.3 Å². The number of nitrogens with one attached hydrogen (secondary N) is 1. The number of hydrogen-bond donors (Lipinski definition) is 1. The van der Waals surface area contributed by atoms with Crippen molar-refractivity contribution < 1.29 is 23.9 Å². The lowest BCUT2D eigenvalue weighted by molar-refractivity contribution is -0.142. The minimum Gasteiger partial charge on any atom is -0.469 e. The van der Waals surface area contributed by atoms with Crippen LogP contribution in [0.4, 0.5) is 5.69 Å². The highest BCUT2D eigenvalue weighted by Crippen LogP contribution is 2.25. The second-order valence-corrected chi connectivity index (χ2v) is 5.18. The van der Waals surface area contributed by atoms with E-state index in [9.17, 15) is 14.4 Å². The van der Waals surface area contributed by atoms with E-state index in [1.54, 1.807) is 19.1 Å². The van der Waals surface area contributed by atoms with Gasteiger partial charge in [-0.1, -0.05) is 0 Å². The Morgan fingerprint density at radius 3 is 2.40 bits per heavy atom. The van der Waals surface area contributed by atoms with Crippen LogP contribution in [0.15, 0.2) is 12.1 Å². The lowest BCUT2D eigenvalue weighted by Crippen LogP contribution is -2.20. The smallest absolute Gasteiger partial charge is 0.340 e. The molecule has 7 heteroatoms. The molecule has 1 rings (SSSR count). The molecule has 0 spiro atoms. The number of carbonyl (C=O) groups excluding carboxylic acids is 3. The van der Waals surface area contributed by atoms with E-state index in [1.807, 2.05) is 0 Å². The van der Waals surface area contributed by atoms with Gasteiger partial charge < -0.3 is 14.8 Å². The van der Waals surface area contributed by atoms with Crippen molar-refractivity contribution >= 4 is 46.1 Å². The van der Waals surface area contributed by atoms with Gasteiger partial charge in [0.25, 0.3) is 0 Å². The van der Waals surface area contributed by atoms with Gasteiger partial charge in [-0.3, -0.25) is 9.59 Å². The van der Waals surface area contributed by atoms with Crippen LogP contribution < -0.4 is 5.32 Å². The number of methoxy groups -OCH3 is 2. The Labute approximate surface area is 130 Å². The van der Waals surface area contributed by atoms with Crippen molar-refractivity contribution in [3.05, 3.63) is 26.8 Å². The summed E-state index contributed by atoms with van der Waals surface area (Å²) in [5, 5.41) is 2.54. The third-order valence-electron chi connectivity index (χ3n) is 2.50. The number of ether oxygens (including phenoxy) is 2. The number of amides is 1. The Bertz CT molecular complexity index is 556. The summed E-state index contributed by atoms with van der Waals surface area (Å²) in [5.41, 5.74) is 1.29. The molecular formula is C13H14INO5. The van der Waals surface area contributed by atoms with Gasteiger partial charge in [0.1, 0.15) is 6.42 Å². The highest BCUT2D eigenvalue weighted by Gasteiger charge is 2.18. The van der Waals surface area contributed by atoms with Gasteiger partial charge in [-0.2, -0.15) is 0 Å². The lowest BCUT2D eigenvalue weighted by atomic mass is 10.1. The summed E-state index contributed by atoms with van der Waals surface area (Å²) in [6, 6.07) is 3.41. The van der Waals surface area contributed by atoms with E-state index in [2.05, 4.69) is 37.4 Å². The average Bonchev–Trinajstić information content (AvgIpc) is 2.40. The summed E-state index contributed by atoms with van der Waals surface area (Å²) in [6.07, 6.45) is -0.414. The SMILES string of the molecule is COC(=O)CC(=O)Nc1c(C)cc(I)cc1C(=O)OC. The van der Waals surface area contributed by atoms with E-state index >= 15 is 0 Å². The molecule has 0 aromatic heterocycles. The van der Waals surface area contributed by atoms with Crippen LogP contribution in [-0.4, -0.2) is 32.1 Å². The molecule has 1 N–H and O–H groups in total. The molecule has 0 fully saturated rings. The Hall–Kier alpha value is -1.64. The first-order valence-electron chi connectivity index (χ1n) is 5.64. The van der Waals surface area contributed by atoms with Crippen molar-refractivity contribution in [3.63, 3.8) is 0 Å². The molecule has 1 amide bonds. The van der Waals surface area contributed by atoms with Crippen LogP contribution in [0.5, 0.6) is 0 Å². The second-order valence-electron chi connectivity index (χ2n) is 3.94. The molecule has 1 aromatic carbocycles. The number of hydrogen-bond acceptors (Lipinski definition) is 5. The molecule has 0 atom stereocenters. The number of aryl methyl sites for hydroxylation is 1. The van der Waals surface area contributed by atoms with Crippen LogP contribution in [0.2, 0.25) is 0 Å². The van der Waals surface area contributed by atoms with E-state index < -0.39 is 24.3 Å². The van der Waals surface area contributed by atoms with Crippen molar-refractivity contribution in [2.24, 2.45) is 0 Å². The highest BCUT2D eigenvalue weighted by molar-refractivity contribution is 14.1. The standard InChI is InChI=1S/C13H14INO5/c1-7-4-8(14)5-9(13(18)20-3)12(7)15-10(16)6-11(17)19-2/h4-5H,6H2,1-3H3,(H,15,16). The van der Waals surface area contributed by atoms with Crippen molar-refractivity contribution in [1.29, 1.82) is 0 Å². The molecular weight excluding hydrogens is 377 g/mol. The van der Waals surface area contributed by atoms with Crippen LogP contribution in [0.25, 0.3) is 0 Å². The maximum atomic E-state index is 11.7. The molecule has 0 aliphatic heterocycles. The molecule has 6 nitrogen and oxygen atoms in total. The zero-order chi connectivity index (χ0) is 15.3. The fourth-order valence-corrected chi connectivity index (χ4v) is 2.35. The Balaban J connectivity index is 3.07. The molecule has 0 aliphatic rings. The quantitative estimate of drug-likeness (QED) is 0.482. The number of rotatable bonds is 4. The van der Waals surface area contributed by atoms with Gasteiger partial charge in [0.05, 0.1) is 25.5 Å². The summed E-state index contributed by atoms with van der Waals surface area (Å²) < 4.78 is 9.94. The highest BCUT2D eigenvalue weighted by atomic mass is 127. The van der Waals surface area contributed by atoms with Gasteiger partial charge in [0.15, 0.2) is 0 Å². The molecule has 20 heavy (non-hydrogen) atoms. The predicted molar refractivity (Wildman–Crippen MR) is 80.5 cm³/mol. The number of halogens is 1. The number of benzene rings is 1. The van der Waals surface area contributed by atoms with Crippen LogP contribution in [0, 0.1) is 10.5 Å². The largest absolute Gasteiger partial charge is 0.469 e. The summed E-state index contributed by atoms with van der Waals surface area (Å²) in [7, 11) is 2.46. The minimum absolute atomic E-state index is 0.245. The monoisotopic (exact) mass is 391 g/mol. The molecule has 108 valence electrons. The fraction of sp³-hybridized carbons (Fsp3) is 0.308. The number of anilines is 1. The zero-order valence-electron chi connectivity index (χ0n) is 11.3. The molecule has 0 radical (unpaired) electrons. The van der Waals surface area contributed by atoms with Crippen molar-refractivity contribution in [3.8, 4) is 0 Å². The summed E-state index contributed by atoms with van der Waals surface area (Å²) in [5.74, 6) is -1.75. The third-order valence-corrected chi connectivity index (χ3v) is 3.13. The van der Waals surface area contributed by atoms with Gasteiger partial charge in [-0.25, -0.2) is 4.79 Å². The van der Waals surface area contributed by atoms with E-state index in [4.69, 9.17) is 0 Å². The van der Waals surface area contributed by atoms with Crippen molar-refractivity contribution in [2.45, 2.75) is 13.3 Å². The first-order chi connectivity index (χ1) is 9.38. The summed E-state index contributed by atoms with van der Waals surface area (Å²) in [4.78, 5) is 34.5. The Morgan fingerprint density at radius 2 is 1.85 bits per heavy atom. The number of esters is 2. The molecule has 0 saturated carbocycles. The van der Waals surface area contributed by atoms with Crippen LogP contribution in [0.3, 0.4) is 0 Å². The van der Waals surface area contributed by atoms with Crippen LogP contribution >= 0.6 is 22.6 Å². The van der Waals surface area contributed by atoms with Gasteiger partial charge in [-0.05, 0) is 47.2 Å². The molecule has 0 heterocycles. The minimum atomic E-state index is -0.648. The average molecular weight is 391 g/mol. The fourth-order valence-electron chi connectivity index (χ4n) is 1.57.